The molecule has 1 aliphatic heterocycles. The minimum Gasteiger partial charge on any atom is -0.508 e. The van der Waals surface area contributed by atoms with Gasteiger partial charge in [-0.25, -0.2) is 0 Å². The molecule has 5 heteroatoms. The van der Waals surface area contributed by atoms with Gasteiger partial charge in [0, 0.05) is 12.0 Å². The second-order valence-corrected chi connectivity index (χ2v) is 6.61. The van der Waals surface area contributed by atoms with E-state index in [4.69, 9.17) is 0 Å². The number of nitrogens with one attached hydrogen (secondary N) is 1. The summed E-state index contributed by atoms with van der Waals surface area (Å²) in [6.45, 7) is 0.870. The van der Waals surface area contributed by atoms with Gasteiger partial charge in [0.1, 0.15) is 5.75 Å². The van der Waals surface area contributed by atoms with Gasteiger partial charge in [0.25, 0.3) is 0 Å². The van der Waals surface area contributed by atoms with E-state index in [-0.39, 0.29) is 23.6 Å². The molecule has 2 nitrogen and oxygen atoms in total. The predicted octanol–water partition coefficient (Wildman–Crippen LogP) is 4.60. The van der Waals surface area contributed by atoms with E-state index in [0.717, 1.165) is 36.6 Å². The Morgan fingerprint density at radius 2 is 1.79 bits per heavy atom. The van der Waals surface area contributed by atoms with Crippen LogP contribution >= 0.6 is 0 Å². The third-order valence-electron chi connectivity index (χ3n) is 5.28. The zero-order valence-electron chi connectivity index (χ0n) is 13.0. The van der Waals surface area contributed by atoms with Crippen LogP contribution in [-0.4, -0.2) is 11.7 Å². The minimum atomic E-state index is -4.38. The van der Waals surface area contributed by atoms with Crippen molar-refractivity contribution in [1.82, 2.24) is 5.32 Å². The average Bonchev–Trinajstić information content (AvgIpc) is 2.87. The molecule has 2 N–H and O–H groups in total. The number of phenols is 1. The fourth-order valence-corrected chi connectivity index (χ4v) is 4.38. The van der Waals surface area contributed by atoms with E-state index >= 15 is 0 Å². The maximum absolute atomic E-state index is 13.5. The number of piperidine rings is 1. The maximum Gasteiger partial charge on any atom is 0.416 e. The Kier molecular flexibility index (Phi) is 3.57. The Hall–Kier alpha value is -2.01. The van der Waals surface area contributed by atoms with Crippen molar-refractivity contribution >= 4 is 0 Å². The fraction of sp³-hybridized carbons (Fsp3) is 0.368. The Bertz CT molecular complexity index is 771. The number of rotatable bonds is 1. The highest BCUT2D eigenvalue weighted by Crippen LogP contribution is 2.54. The van der Waals surface area contributed by atoms with Crippen LogP contribution in [0.4, 0.5) is 13.2 Å². The zero-order chi connectivity index (χ0) is 16.9. The third-order valence-corrected chi connectivity index (χ3v) is 5.28. The summed E-state index contributed by atoms with van der Waals surface area (Å²) in [6, 6.07) is 11.0. The van der Waals surface area contributed by atoms with E-state index in [1.54, 1.807) is 24.3 Å². The second-order valence-electron chi connectivity index (χ2n) is 6.61. The number of fused-ring (bicyclic) bond motifs is 3. The molecule has 2 aliphatic rings. The number of phenolic OH excluding ortho intramolecular Hbond substituents is 1. The molecule has 0 saturated carbocycles. The molecule has 2 aromatic carbocycles. The van der Waals surface area contributed by atoms with E-state index in [1.165, 1.54) is 6.07 Å². The average molecular weight is 333 g/mol. The van der Waals surface area contributed by atoms with Gasteiger partial charge in [0.2, 0.25) is 0 Å². The van der Waals surface area contributed by atoms with Crippen molar-refractivity contribution in [2.24, 2.45) is 5.92 Å². The summed E-state index contributed by atoms with van der Waals surface area (Å²) in [6.07, 6.45) is -2.55. The summed E-state index contributed by atoms with van der Waals surface area (Å²) < 4.78 is 40.5. The normalized spacial score (nSPS) is 26.0. The van der Waals surface area contributed by atoms with Crippen LogP contribution in [0.5, 0.6) is 5.75 Å². The largest absolute Gasteiger partial charge is 0.508 e. The number of benzene rings is 2. The fourth-order valence-electron chi connectivity index (χ4n) is 4.38. The molecule has 0 bridgehead atoms. The van der Waals surface area contributed by atoms with E-state index in [1.807, 2.05) is 6.07 Å². The molecule has 0 spiro atoms. The van der Waals surface area contributed by atoms with Crippen molar-refractivity contribution < 1.29 is 18.3 Å². The topological polar surface area (TPSA) is 32.3 Å². The molecule has 0 amide bonds. The third kappa shape index (κ3) is 2.38. The van der Waals surface area contributed by atoms with Gasteiger partial charge in [0.15, 0.2) is 0 Å². The van der Waals surface area contributed by atoms with Crippen molar-refractivity contribution in [2.45, 2.75) is 31.0 Å². The Labute approximate surface area is 138 Å². The molecule has 0 aromatic heterocycles. The van der Waals surface area contributed by atoms with Crippen LogP contribution in [0.25, 0.3) is 0 Å². The first-order valence-electron chi connectivity index (χ1n) is 8.19. The number of aromatic hydroxyl groups is 1. The molecule has 1 aliphatic carbocycles. The van der Waals surface area contributed by atoms with E-state index in [0.29, 0.717) is 5.56 Å². The van der Waals surface area contributed by atoms with Crippen molar-refractivity contribution in [3.05, 3.63) is 64.7 Å². The molecule has 2 aromatic rings. The lowest BCUT2D eigenvalue weighted by Gasteiger charge is -2.32. The lowest BCUT2D eigenvalue weighted by molar-refractivity contribution is -0.138. The summed E-state index contributed by atoms with van der Waals surface area (Å²) >= 11 is 0. The van der Waals surface area contributed by atoms with Gasteiger partial charge in [-0.3, -0.25) is 0 Å². The Morgan fingerprint density at radius 1 is 1.00 bits per heavy atom. The van der Waals surface area contributed by atoms with Gasteiger partial charge in [-0.05, 0) is 60.2 Å². The molecular formula is C19H18F3NO. The first-order chi connectivity index (χ1) is 11.5. The van der Waals surface area contributed by atoms with Crippen LogP contribution in [0.2, 0.25) is 0 Å². The van der Waals surface area contributed by atoms with Gasteiger partial charge in [-0.1, -0.05) is 24.3 Å². The number of hydrogen-bond acceptors (Lipinski definition) is 2. The van der Waals surface area contributed by atoms with Gasteiger partial charge in [0.05, 0.1) is 5.56 Å². The smallest absolute Gasteiger partial charge is 0.416 e. The molecule has 3 atom stereocenters. The lowest BCUT2D eigenvalue weighted by Crippen LogP contribution is -2.33. The van der Waals surface area contributed by atoms with Gasteiger partial charge >= 0.3 is 6.18 Å². The summed E-state index contributed by atoms with van der Waals surface area (Å²) in [7, 11) is 0. The van der Waals surface area contributed by atoms with Crippen LogP contribution in [0, 0.1) is 5.92 Å². The van der Waals surface area contributed by atoms with Crippen molar-refractivity contribution in [3.63, 3.8) is 0 Å². The molecule has 1 saturated heterocycles. The Morgan fingerprint density at radius 3 is 2.58 bits per heavy atom. The molecule has 1 fully saturated rings. The molecule has 1 heterocycles. The van der Waals surface area contributed by atoms with Crippen LogP contribution in [0.1, 0.15) is 47.1 Å². The summed E-state index contributed by atoms with van der Waals surface area (Å²) in [4.78, 5) is 0. The Balaban J connectivity index is 1.91. The molecule has 3 unspecified atom stereocenters. The molecule has 4 rings (SSSR count). The quantitative estimate of drug-likeness (QED) is 0.799. The zero-order valence-corrected chi connectivity index (χ0v) is 13.0. The van der Waals surface area contributed by atoms with Crippen LogP contribution in [0.15, 0.2) is 42.5 Å². The number of alkyl halides is 3. The van der Waals surface area contributed by atoms with E-state index in [2.05, 4.69) is 5.32 Å². The maximum atomic E-state index is 13.5. The number of hydrogen-bond donors (Lipinski definition) is 2. The van der Waals surface area contributed by atoms with Crippen molar-refractivity contribution in [1.29, 1.82) is 0 Å². The summed E-state index contributed by atoms with van der Waals surface area (Å²) in [5, 5.41) is 13.3. The van der Waals surface area contributed by atoms with E-state index < -0.39 is 11.7 Å². The van der Waals surface area contributed by atoms with Crippen LogP contribution in [0.3, 0.4) is 0 Å². The van der Waals surface area contributed by atoms with Crippen molar-refractivity contribution in [2.75, 3.05) is 6.54 Å². The highest BCUT2D eigenvalue weighted by Gasteiger charge is 2.45. The minimum absolute atomic E-state index is 0.0561. The van der Waals surface area contributed by atoms with Crippen LogP contribution < -0.4 is 5.32 Å². The lowest BCUT2D eigenvalue weighted by atomic mass is 9.79. The SMILES string of the molecule is Oc1ccc2c(c1)C(c1ccccc1C(F)(F)F)C1CCCNC21. The van der Waals surface area contributed by atoms with Crippen molar-refractivity contribution in [3.8, 4) is 5.75 Å². The van der Waals surface area contributed by atoms with Gasteiger partial charge < -0.3 is 10.4 Å². The van der Waals surface area contributed by atoms with Gasteiger partial charge in [-0.15, -0.1) is 0 Å². The highest BCUT2D eigenvalue weighted by molar-refractivity contribution is 5.51. The second kappa shape index (κ2) is 5.52. The number of halogens is 3. The standard InChI is InChI=1S/C19H18F3NO/c20-19(21,22)16-6-2-1-4-13(16)17-14-5-3-9-23-18(14)12-8-7-11(24)10-15(12)17/h1-2,4,6-8,10,14,17-18,23-24H,3,5,9H2. The molecule has 24 heavy (non-hydrogen) atoms. The summed E-state index contributed by atoms with van der Waals surface area (Å²) in [5.41, 5.74) is 1.57. The highest BCUT2D eigenvalue weighted by atomic mass is 19.4. The van der Waals surface area contributed by atoms with E-state index in [9.17, 15) is 18.3 Å². The first-order valence-corrected chi connectivity index (χ1v) is 8.19. The van der Waals surface area contributed by atoms with Gasteiger partial charge in [-0.2, -0.15) is 13.2 Å². The molecule has 0 radical (unpaired) electrons. The monoisotopic (exact) mass is 333 g/mol. The molecular weight excluding hydrogens is 315 g/mol. The molecule has 126 valence electrons. The predicted molar refractivity (Wildman–Crippen MR) is 84.9 cm³/mol. The summed E-state index contributed by atoms with van der Waals surface area (Å²) in [5.74, 6) is -0.163. The first kappa shape index (κ1) is 15.5. The van der Waals surface area contributed by atoms with Crippen LogP contribution in [-0.2, 0) is 6.18 Å².